The molecule has 0 bridgehead atoms. The lowest BCUT2D eigenvalue weighted by molar-refractivity contribution is 0.0836. The summed E-state index contributed by atoms with van der Waals surface area (Å²) in [5.41, 5.74) is 1.88. The molecule has 5 rings (SSSR count). The first-order valence-corrected chi connectivity index (χ1v) is 9.17. The van der Waals surface area contributed by atoms with Gasteiger partial charge in [-0.05, 0) is 24.1 Å². The van der Waals surface area contributed by atoms with E-state index in [1.807, 2.05) is 30.3 Å². The van der Waals surface area contributed by atoms with E-state index in [1.54, 1.807) is 4.52 Å². The topological polar surface area (TPSA) is 90.2 Å². The van der Waals surface area contributed by atoms with Gasteiger partial charge in [0.1, 0.15) is 12.3 Å². The maximum atomic E-state index is 6.03. The highest BCUT2D eigenvalue weighted by molar-refractivity contribution is 7.19. The molecule has 0 saturated heterocycles. The fraction of sp³-hybridized carbons (Fsp3) is 0.294. The quantitative estimate of drug-likeness (QED) is 0.597. The van der Waals surface area contributed by atoms with Gasteiger partial charge in [0.25, 0.3) is 0 Å². The van der Waals surface area contributed by atoms with Crippen molar-refractivity contribution < 1.29 is 9.47 Å². The highest BCUT2D eigenvalue weighted by Crippen LogP contribution is 2.36. The van der Waals surface area contributed by atoms with E-state index in [0.717, 1.165) is 22.1 Å². The third-order valence-corrected chi connectivity index (χ3v) is 5.17. The number of H-pyrrole nitrogens is 1. The van der Waals surface area contributed by atoms with Crippen LogP contribution in [0.3, 0.4) is 0 Å². The molecular formula is C17H16N6O2S. The average Bonchev–Trinajstić information content (AvgIpc) is 3.36. The first-order chi connectivity index (χ1) is 12.7. The highest BCUT2D eigenvalue weighted by atomic mass is 32.1. The van der Waals surface area contributed by atoms with Gasteiger partial charge in [-0.2, -0.15) is 14.7 Å². The second-order valence-corrected chi connectivity index (χ2v) is 7.34. The van der Waals surface area contributed by atoms with Crippen LogP contribution in [-0.4, -0.2) is 36.6 Å². The number of rotatable bonds is 3. The van der Waals surface area contributed by atoms with Gasteiger partial charge in [-0.1, -0.05) is 37.3 Å². The van der Waals surface area contributed by atoms with Crippen LogP contribution in [0.2, 0.25) is 0 Å². The van der Waals surface area contributed by atoms with Crippen LogP contribution < -0.4 is 9.47 Å². The zero-order chi connectivity index (χ0) is 17.7. The number of aromatic amines is 1. The third kappa shape index (κ3) is 2.43. The monoisotopic (exact) mass is 368 g/mol. The lowest BCUT2D eigenvalue weighted by atomic mass is 10.1. The van der Waals surface area contributed by atoms with E-state index in [4.69, 9.17) is 9.47 Å². The third-order valence-electron chi connectivity index (χ3n) is 4.25. The van der Waals surface area contributed by atoms with E-state index in [9.17, 15) is 0 Å². The predicted octanol–water partition coefficient (Wildman–Crippen LogP) is 3.21. The van der Waals surface area contributed by atoms with Gasteiger partial charge in [0, 0.05) is 5.69 Å². The molecule has 1 aromatic carbocycles. The van der Waals surface area contributed by atoms with Crippen LogP contribution in [0.4, 0.5) is 0 Å². The minimum absolute atomic E-state index is 0.361. The zero-order valence-electron chi connectivity index (χ0n) is 14.2. The van der Waals surface area contributed by atoms with E-state index in [-0.39, 0.29) is 6.10 Å². The fourth-order valence-electron chi connectivity index (χ4n) is 2.83. The number of benzene rings is 1. The van der Waals surface area contributed by atoms with Gasteiger partial charge in [0.15, 0.2) is 28.4 Å². The lowest BCUT2D eigenvalue weighted by Gasteiger charge is -2.24. The molecule has 0 aliphatic carbocycles. The van der Waals surface area contributed by atoms with Gasteiger partial charge in [0.05, 0.1) is 0 Å². The van der Waals surface area contributed by atoms with Crippen LogP contribution in [-0.2, 0) is 0 Å². The van der Waals surface area contributed by atoms with Gasteiger partial charge in [-0.25, -0.2) is 0 Å². The van der Waals surface area contributed by atoms with Gasteiger partial charge in [-0.15, -0.1) is 10.2 Å². The van der Waals surface area contributed by atoms with Crippen LogP contribution in [0, 0.1) is 0 Å². The van der Waals surface area contributed by atoms with Crippen LogP contribution in [0.5, 0.6) is 11.5 Å². The summed E-state index contributed by atoms with van der Waals surface area (Å²) in [6.45, 7) is 4.60. The van der Waals surface area contributed by atoms with Crippen molar-refractivity contribution in [1.29, 1.82) is 0 Å². The molecular weight excluding hydrogens is 352 g/mol. The molecule has 1 aliphatic heterocycles. The standard InChI is InChI=1S/C17H16N6O2S/c1-9(2)10-7-11(19-18-10)16-22-23-15(20-21-17(23)26-16)14-8-24-12-5-3-4-6-13(12)25-14/h3-7,9,14H,8H2,1-2H3,(H,18,19)/t14-/m1/s1. The number of para-hydroxylation sites is 2. The van der Waals surface area contributed by atoms with Crippen molar-refractivity contribution in [3.8, 4) is 22.2 Å². The maximum Gasteiger partial charge on any atom is 0.235 e. The summed E-state index contributed by atoms with van der Waals surface area (Å²) in [6.07, 6.45) is -0.361. The smallest absolute Gasteiger partial charge is 0.235 e. The van der Waals surface area contributed by atoms with Crippen molar-refractivity contribution in [2.24, 2.45) is 0 Å². The summed E-state index contributed by atoms with van der Waals surface area (Å²) in [6, 6.07) is 9.61. The van der Waals surface area contributed by atoms with E-state index in [0.29, 0.717) is 29.1 Å². The molecule has 0 spiro atoms. The molecule has 0 saturated carbocycles. The molecule has 132 valence electrons. The van der Waals surface area contributed by atoms with Crippen molar-refractivity contribution in [1.82, 2.24) is 30.0 Å². The number of fused-ring (bicyclic) bond motifs is 2. The van der Waals surface area contributed by atoms with Crippen molar-refractivity contribution >= 4 is 16.3 Å². The SMILES string of the molecule is CC(C)c1cc(-c2nn3c([C@H]4COc5ccccc5O4)nnc3s2)n[nH]1. The molecule has 3 aromatic heterocycles. The Kier molecular flexibility index (Phi) is 3.42. The molecule has 26 heavy (non-hydrogen) atoms. The number of nitrogens with zero attached hydrogens (tertiary/aromatic N) is 5. The second-order valence-electron chi connectivity index (χ2n) is 6.39. The molecule has 1 atom stereocenters. The largest absolute Gasteiger partial charge is 0.485 e. The Hall–Kier alpha value is -2.94. The summed E-state index contributed by atoms with van der Waals surface area (Å²) in [5, 5.41) is 21.3. The number of ether oxygens (including phenoxy) is 2. The predicted molar refractivity (Wildman–Crippen MR) is 95.6 cm³/mol. The summed E-state index contributed by atoms with van der Waals surface area (Å²) in [7, 11) is 0. The summed E-state index contributed by atoms with van der Waals surface area (Å²) < 4.78 is 13.5. The number of hydrogen-bond acceptors (Lipinski definition) is 7. The van der Waals surface area contributed by atoms with Crippen LogP contribution in [0.15, 0.2) is 30.3 Å². The number of aromatic nitrogens is 6. The first kappa shape index (κ1) is 15.3. The molecule has 0 unspecified atom stereocenters. The molecule has 0 fully saturated rings. The Morgan fingerprint density at radius 2 is 2.08 bits per heavy atom. The van der Waals surface area contributed by atoms with Crippen molar-refractivity contribution in [3.05, 3.63) is 41.9 Å². The van der Waals surface area contributed by atoms with Gasteiger partial charge in [0.2, 0.25) is 4.96 Å². The van der Waals surface area contributed by atoms with Crippen LogP contribution in [0.1, 0.15) is 37.4 Å². The van der Waals surface area contributed by atoms with Crippen molar-refractivity contribution in [3.63, 3.8) is 0 Å². The molecule has 0 radical (unpaired) electrons. The van der Waals surface area contributed by atoms with E-state index < -0.39 is 0 Å². The first-order valence-electron chi connectivity index (χ1n) is 8.35. The highest BCUT2D eigenvalue weighted by Gasteiger charge is 2.28. The molecule has 1 N–H and O–H groups in total. The minimum atomic E-state index is -0.361. The molecule has 1 aliphatic rings. The lowest BCUT2D eigenvalue weighted by Crippen LogP contribution is -2.23. The summed E-state index contributed by atoms with van der Waals surface area (Å²) in [5.74, 6) is 2.44. The summed E-state index contributed by atoms with van der Waals surface area (Å²) in [4.78, 5) is 0.701. The Bertz CT molecular complexity index is 1080. The molecule has 9 heteroatoms. The van der Waals surface area contributed by atoms with Crippen molar-refractivity contribution in [2.45, 2.75) is 25.9 Å². The minimum Gasteiger partial charge on any atom is -0.485 e. The van der Waals surface area contributed by atoms with Gasteiger partial charge < -0.3 is 9.47 Å². The van der Waals surface area contributed by atoms with E-state index >= 15 is 0 Å². The molecule has 4 aromatic rings. The molecule has 8 nitrogen and oxygen atoms in total. The molecule has 0 amide bonds. The maximum absolute atomic E-state index is 6.03. The van der Waals surface area contributed by atoms with Crippen molar-refractivity contribution in [2.75, 3.05) is 6.61 Å². The van der Waals surface area contributed by atoms with Crippen LogP contribution in [0.25, 0.3) is 15.7 Å². The van der Waals surface area contributed by atoms with Crippen LogP contribution >= 0.6 is 11.3 Å². The Labute approximate surface area is 152 Å². The fourth-order valence-corrected chi connectivity index (χ4v) is 3.63. The van der Waals surface area contributed by atoms with E-state index in [2.05, 4.69) is 39.3 Å². The van der Waals surface area contributed by atoms with Gasteiger partial charge >= 0.3 is 0 Å². The number of nitrogens with one attached hydrogen (secondary N) is 1. The normalized spacial score (nSPS) is 16.5. The zero-order valence-corrected chi connectivity index (χ0v) is 15.0. The Balaban J connectivity index is 1.49. The second kappa shape index (κ2) is 5.80. The average molecular weight is 368 g/mol. The van der Waals surface area contributed by atoms with E-state index in [1.165, 1.54) is 11.3 Å². The summed E-state index contributed by atoms with van der Waals surface area (Å²) >= 11 is 1.45. The molecule has 4 heterocycles. The number of hydrogen-bond donors (Lipinski definition) is 1. The van der Waals surface area contributed by atoms with Gasteiger partial charge in [-0.3, -0.25) is 5.10 Å². The Morgan fingerprint density at radius 1 is 1.23 bits per heavy atom. The Morgan fingerprint density at radius 3 is 2.88 bits per heavy atom.